The standard InChI is InChI=1S/C17H16ClF3N2O/c1-16(2)9-13(24)22-23(16)15(17(19,20)21)14-11-6-4-3-5-10(11)7-8-12(14)18/h3-8,15H,9H2,1-2H3,(H,22,24). The van der Waals surface area contributed by atoms with E-state index in [4.69, 9.17) is 11.6 Å². The average Bonchev–Trinajstić information content (AvgIpc) is 2.73. The van der Waals surface area contributed by atoms with Crippen LogP contribution in [-0.2, 0) is 4.79 Å². The fraction of sp³-hybridized carbons (Fsp3) is 0.353. The van der Waals surface area contributed by atoms with E-state index in [-0.39, 0.29) is 17.0 Å². The van der Waals surface area contributed by atoms with Gasteiger partial charge in [0.15, 0.2) is 6.04 Å². The zero-order chi connectivity index (χ0) is 17.7. The summed E-state index contributed by atoms with van der Waals surface area (Å²) in [6.45, 7) is 3.20. The Morgan fingerprint density at radius 2 is 1.88 bits per heavy atom. The second-order valence-corrected chi connectivity index (χ2v) is 6.93. The second-order valence-electron chi connectivity index (χ2n) is 6.52. The molecule has 128 valence electrons. The zero-order valence-electron chi connectivity index (χ0n) is 13.1. The maximum absolute atomic E-state index is 14.0. The maximum Gasteiger partial charge on any atom is 0.409 e. The highest BCUT2D eigenvalue weighted by Crippen LogP contribution is 2.46. The Hall–Kier alpha value is -1.79. The molecule has 7 heteroatoms. The molecule has 1 aliphatic heterocycles. The summed E-state index contributed by atoms with van der Waals surface area (Å²) in [5, 5.41) is 2.08. The summed E-state index contributed by atoms with van der Waals surface area (Å²) >= 11 is 6.17. The van der Waals surface area contributed by atoms with Crippen molar-refractivity contribution in [1.29, 1.82) is 0 Å². The molecule has 0 bridgehead atoms. The Morgan fingerprint density at radius 3 is 2.46 bits per heavy atom. The Kier molecular flexibility index (Phi) is 4.00. The topological polar surface area (TPSA) is 32.3 Å². The van der Waals surface area contributed by atoms with E-state index in [2.05, 4.69) is 5.43 Å². The lowest BCUT2D eigenvalue weighted by Crippen LogP contribution is -2.51. The van der Waals surface area contributed by atoms with E-state index in [1.807, 2.05) is 0 Å². The summed E-state index contributed by atoms with van der Waals surface area (Å²) in [6.07, 6.45) is -4.62. The third-order valence-electron chi connectivity index (χ3n) is 4.25. The third kappa shape index (κ3) is 2.84. The van der Waals surface area contributed by atoms with Crippen molar-refractivity contribution < 1.29 is 18.0 Å². The van der Waals surface area contributed by atoms with Crippen LogP contribution in [0.5, 0.6) is 0 Å². The molecule has 0 radical (unpaired) electrons. The smallest absolute Gasteiger partial charge is 0.287 e. The first-order valence-corrected chi connectivity index (χ1v) is 7.82. The van der Waals surface area contributed by atoms with Crippen LogP contribution in [0.25, 0.3) is 10.8 Å². The molecule has 1 aliphatic rings. The number of nitrogens with one attached hydrogen (secondary N) is 1. The van der Waals surface area contributed by atoms with Gasteiger partial charge in [-0.15, -0.1) is 0 Å². The Labute approximate surface area is 142 Å². The summed E-state index contributed by atoms with van der Waals surface area (Å²) < 4.78 is 42.0. The average molecular weight is 357 g/mol. The molecule has 3 nitrogen and oxygen atoms in total. The van der Waals surface area contributed by atoms with Crippen LogP contribution in [0, 0.1) is 0 Å². The Balaban J connectivity index is 2.26. The molecule has 1 saturated heterocycles. The van der Waals surface area contributed by atoms with Crippen molar-refractivity contribution >= 4 is 28.3 Å². The van der Waals surface area contributed by atoms with Gasteiger partial charge in [-0.2, -0.15) is 18.2 Å². The fourth-order valence-corrected chi connectivity index (χ4v) is 3.47. The number of alkyl halides is 3. The molecule has 24 heavy (non-hydrogen) atoms. The fourth-order valence-electron chi connectivity index (χ4n) is 3.20. The normalized spacial score (nSPS) is 19.5. The van der Waals surface area contributed by atoms with Gasteiger partial charge in [-0.1, -0.05) is 41.9 Å². The molecule has 0 aliphatic carbocycles. The van der Waals surface area contributed by atoms with Gasteiger partial charge >= 0.3 is 6.18 Å². The molecule has 3 rings (SSSR count). The van der Waals surface area contributed by atoms with Gasteiger partial charge in [-0.25, -0.2) is 0 Å². The molecule has 2 aromatic carbocycles. The molecular weight excluding hydrogens is 341 g/mol. The van der Waals surface area contributed by atoms with Crippen LogP contribution in [0.4, 0.5) is 13.2 Å². The van der Waals surface area contributed by atoms with Crippen molar-refractivity contribution in [3.8, 4) is 0 Å². The molecule has 1 unspecified atom stereocenters. The molecule has 0 saturated carbocycles. The number of nitrogens with zero attached hydrogens (tertiary/aromatic N) is 1. The zero-order valence-corrected chi connectivity index (χ0v) is 13.9. The Bertz CT molecular complexity index is 804. The maximum atomic E-state index is 14.0. The van der Waals surface area contributed by atoms with Gasteiger partial charge in [0.05, 0.1) is 0 Å². The van der Waals surface area contributed by atoms with Crippen LogP contribution >= 0.6 is 11.6 Å². The van der Waals surface area contributed by atoms with E-state index in [1.54, 1.807) is 44.2 Å². The highest BCUT2D eigenvalue weighted by atomic mass is 35.5. The number of carbonyl (C=O) groups excluding carboxylic acids is 1. The number of fused-ring (bicyclic) bond motifs is 1. The molecule has 1 amide bonds. The monoisotopic (exact) mass is 356 g/mol. The number of carbonyl (C=O) groups is 1. The van der Waals surface area contributed by atoms with Crippen molar-refractivity contribution in [1.82, 2.24) is 10.4 Å². The number of hydrogen-bond donors (Lipinski definition) is 1. The number of benzene rings is 2. The van der Waals surface area contributed by atoms with E-state index in [9.17, 15) is 18.0 Å². The van der Waals surface area contributed by atoms with Crippen LogP contribution in [0.15, 0.2) is 36.4 Å². The molecule has 1 atom stereocenters. The van der Waals surface area contributed by atoms with Crippen LogP contribution in [0.3, 0.4) is 0 Å². The summed E-state index contributed by atoms with van der Waals surface area (Å²) in [5.74, 6) is -0.439. The molecule has 1 fully saturated rings. The number of rotatable bonds is 2. The molecule has 0 aromatic heterocycles. The number of hydrazine groups is 1. The highest BCUT2D eigenvalue weighted by molar-refractivity contribution is 6.32. The van der Waals surface area contributed by atoms with E-state index in [1.165, 1.54) is 6.07 Å². The molecule has 0 spiro atoms. The van der Waals surface area contributed by atoms with Crippen molar-refractivity contribution in [2.75, 3.05) is 0 Å². The number of halogens is 4. The highest BCUT2D eigenvalue weighted by Gasteiger charge is 2.54. The first-order chi connectivity index (χ1) is 11.1. The molecular formula is C17H16ClF3N2O. The van der Waals surface area contributed by atoms with Gasteiger partial charge < -0.3 is 0 Å². The van der Waals surface area contributed by atoms with Crippen LogP contribution < -0.4 is 5.43 Å². The summed E-state index contributed by atoms with van der Waals surface area (Å²) in [7, 11) is 0. The lowest BCUT2D eigenvalue weighted by molar-refractivity contribution is -0.203. The van der Waals surface area contributed by atoms with E-state index < -0.39 is 23.7 Å². The van der Waals surface area contributed by atoms with Crippen molar-refractivity contribution in [2.45, 2.75) is 38.0 Å². The molecule has 2 aromatic rings. The summed E-state index contributed by atoms with van der Waals surface area (Å²) in [4.78, 5) is 11.7. The van der Waals surface area contributed by atoms with Crippen LogP contribution in [-0.4, -0.2) is 22.6 Å². The van der Waals surface area contributed by atoms with Gasteiger partial charge in [0.2, 0.25) is 5.91 Å². The van der Waals surface area contributed by atoms with Crippen LogP contribution in [0.1, 0.15) is 31.9 Å². The van der Waals surface area contributed by atoms with Gasteiger partial charge in [0.1, 0.15) is 0 Å². The van der Waals surface area contributed by atoms with E-state index in [0.717, 1.165) is 5.01 Å². The van der Waals surface area contributed by atoms with Gasteiger partial charge in [-0.3, -0.25) is 10.2 Å². The predicted octanol–water partition coefficient (Wildman–Crippen LogP) is 4.61. The summed E-state index contributed by atoms with van der Waals surface area (Å²) in [5.41, 5.74) is 1.32. The first-order valence-electron chi connectivity index (χ1n) is 7.44. The van der Waals surface area contributed by atoms with Gasteiger partial charge in [-0.05, 0) is 30.7 Å². The number of hydrogen-bond acceptors (Lipinski definition) is 2. The largest absolute Gasteiger partial charge is 0.409 e. The van der Waals surface area contributed by atoms with Crippen molar-refractivity contribution in [2.24, 2.45) is 0 Å². The minimum absolute atomic E-state index is 0.0119. The molecule has 1 heterocycles. The Morgan fingerprint density at radius 1 is 1.21 bits per heavy atom. The summed E-state index contributed by atoms with van der Waals surface area (Å²) in [6, 6.07) is 7.88. The predicted molar refractivity (Wildman–Crippen MR) is 86.4 cm³/mol. The number of amides is 1. The quantitative estimate of drug-likeness (QED) is 0.852. The molecule has 1 N–H and O–H groups in total. The van der Waals surface area contributed by atoms with E-state index in [0.29, 0.717) is 10.8 Å². The minimum Gasteiger partial charge on any atom is -0.287 e. The van der Waals surface area contributed by atoms with Crippen LogP contribution in [0.2, 0.25) is 5.02 Å². The van der Waals surface area contributed by atoms with Gasteiger partial charge in [0.25, 0.3) is 0 Å². The second kappa shape index (κ2) is 5.63. The van der Waals surface area contributed by atoms with Gasteiger partial charge in [0, 0.05) is 22.5 Å². The lowest BCUT2D eigenvalue weighted by Gasteiger charge is -2.38. The third-order valence-corrected chi connectivity index (χ3v) is 4.58. The first kappa shape index (κ1) is 17.0. The SMILES string of the molecule is CC1(C)CC(=O)NN1C(c1c(Cl)ccc2ccccc12)C(F)(F)F. The van der Waals surface area contributed by atoms with Crippen molar-refractivity contribution in [3.63, 3.8) is 0 Å². The lowest BCUT2D eigenvalue weighted by atomic mass is 9.93. The van der Waals surface area contributed by atoms with E-state index >= 15 is 0 Å². The minimum atomic E-state index is -4.61. The van der Waals surface area contributed by atoms with Crippen molar-refractivity contribution in [3.05, 3.63) is 47.0 Å².